The third-order valence-corrected chi connectivity index (χ3v) is 5.98. The van der Waals surface area contributed by atoms with Gasteiger partial charge in [0.1, 0.15) is 12.4 Å². The minimum absolute atomic E-state index is 0. The normalized spacial score (nSPS) is 12.5. The number of hydrogen-bond acceptors (Lipinski definition) is 4. The molecular weight excluding hydrogens is 415 g/mol. The van der Waals surface area contributed by atoms with Gasteiger partial charge >= 0.3 is 29.6 Å². The van der Waals surface area contributed by atoms with Crippen molar-refractivity contribution < 1.29 is 49.0 Å². The Balaban J connectivity index is 0.00000245. The number of nitrogens with zero attached hydrogens (tertiary/aromatic N) is 1. The molecule has 32 heavy (non-hydrogen) atoms. The monoisotopic (exact) mass is 436 g/mol. The van der Waals surface area contributed by atoms with Crippen LogP contribution >= 0.6 is 0 Å². The van der Waals surface area contributed by atoms with Crippen molar-refractivity contribution in [2.45, 2.75) is 25.8 Å². The van der Waals surface area contributed by atoms with Gasteiger partial charge in [0, 0.05) is 17.5 Å². The molecule has 0 radical (unpaired) electrons. The molecule has 0 atom stereocenters. The number of fused-ring (bicyclic) bond motifs is 5. The van der Waals surface area contributed by atoms with Crippen LogP contribution in [0.4, 0.5) is 0 Å². The molecule has 0 saturated heterocycles. The first-order chi connectivity index (χ1) is 15.0. The van der Waals surface area contributed by atoms with Crippen molar-refractivity contribution >= 4 is 33.7 Å². The van der Waals surface area contributed by atoms with Gasteiger partial charge in [-0.05, 0) is 54.2 Å². The summed E-state index contributed by atoms with van der Waals surface area (Å²) in [4.78, 5) is 23.4. The zero-order chi connectivity index (χ0) is 21.5. The fourth-order valence-corrected chi connectivity index (χ4v) is 4.77. The van der Waals surface area contributed by atoms with E-state index in [1.54, 1.807) is 6.07 Å². The average molecular weight is 436 g/mol. The van der Waals surface area contributed by atoms with E-state index in [-0.39, 0.29) is 29.6 Å². The summed E-state index contributed by atoms with van der Waals surface area (Å²) in [5, 5.41) is 12.5. The number of nitrogens with two attached hydrogens (primary N) is 1. The molecule has 1 aromatic heterocycles. The summed E-state index contributed by atoms with van der Waals surface area (Å²) in [6, 6.07) is 17.5. The second-order valence-corrected chi connectivity index (χ2v) is 7.89. The Kier molecular flexibility index (Phi) is 6.29. The molecule has 1 aliphatic carbocycles. The van der Waals surface area contributed by atoms with Gasteiger partial charge in [0.05, 0.1) is 22.4 Å². The predicted octanol–water partition coefficient (Wildman–Crippen LogP) is -0.437. The molecule has 2 N–H and O–H groups in total. The van der Waals surface area contributed by atoms with E-state index in [4.69, 9.17) is 10.5 Å². The van der Waals surface area contributed by atoms with Gasteiger partial charge in [-0.3, -0.25) is 4.79 Å². The summed E-state index contributed by atoms with van der Waals surface area (Å²) in [6.45, 7) is 0.0530. The van der Waals surface area contributed by atoms with E-state index in [2.05, 4.69) is 16.7 Å². The number of hydrogen-bond donors (Lipinski definition) is 1. The molecular formula is C25H21N2NaO4. The van der Waals surface area contributed by atoms with E-state index in [0.29, 0.717) is 23.2 Å². The number of primary amides is 1. The molecule has 0 saturated carbocycles. The van der Waals surface area contributed by atoms with Gasteiger partial charge in [-0.1, -0.05) is 36.4 Å². The molecule has 0 aliphatic heterocycles. The number of rotatable bonds is 6. The van der Waals surface area contributed by atoms with E-state index >= 15 is 0 Å². The molecule has 6 nitrogen and oxygen atoms in total. The van der Waals surface area contributed by atoms with Gasteiger partial charge in [0.2, 0.25) is 5.91 Å². The number of benzene rings is 3. The topological polar surface area (TPSA) is 97.4 Å². The van der Waals surface area contributed by atoms with Crippen LogP contribution in [-0.4, -0.2) is 23.1 Å². The van der Waals surface area contributed by atoms with E-state index in [0.717, 1.165) is 46.8 Å². The largest absolute Gasteiger partial charge is 1.00 e. The fourth-order valence-electron chi connectivity index (χ4n) is 4.77. The van der Waals surface area contributed by atoms with Crippen LogP contribution in [0.15, 0.2) is 54.6 Å². The molecule has 3 aromatic carbocycles. The molecule has 5 rings (SSSR count). The summed E-state index contributed by atoms with van der Waals surface area (Å²) >= 11 is 0. The molecule has 4 aromatic rings. The first-order valence-corrected chi connectivity index (χ1v) is 10.3. The number of carbonyl (C=O) groups excluding carboxylic acids is 2. The van der Waals surface area contributed by atoms with Crippen LogP contribution < -0.4 is 45.1 Å². The van der Waals surface area contributed by atoms with E-state index in [1.165, 1.54) is 5.56 Å². The van der Waals surface area contributed by atoms with Crippen molar-refractivity contribution in [3.63, 3.8) is 0 Å². The SMILES string of the molecule is NC(=O)c1cccc2c1c1c(OCC(=O)[O-])cc3c(c1n2Cc1ccccc1)CCC3.[Na+]. The van der Waals surface area contributed by atoms with Crippen molar-refractivity contribution in [1.29, 1.82) is 0 Å². The molecule has 1 aliphatic rings. The van der Waals surface area contributed by atoms with Gasteiger partial charge in [-0.15, -0.1) is 0 Å². The summed E-state index contributed by atoms with van der Waals surface area (Å²) in [6.07, 6.45) is 2.84. The smallest absolute Gasteiger partial charge is 0.546 e. The van der Waals surface area contributed by atoms with Gasteiger partial charge in [-0.2, -0.15) is 0 Å². The van der Waals surface area contributed by atoms with Crippen LogP contribution in [0.5, 0.6) is 5.75 Å². The van der Waals surface area contributed by atoms with Gasteiger partial charge in [0.15, 0.2) is 0 Å². The Labute approximate surface area is 207 Å². The number of carbonyl (C=O) groups is 2. The molecule has 7 heteroatoms. The third-order valence-electron chi connectivity index (χ3n) is 5.98. The minimum Gasteiger partial charge on any atom is -0.546 e. The number of aryl methyl sites for hydroxylation is 2. The van der Waals surface area contributed by atoms with Crippen LogP contribution in [0.2, 0.25) is 0 Å². The predicted molar refractivity (Wildman–Crippen MR) is 116 cm³/mol. The van der Waals surface area contributed by atoms with E-state index in [1.807, 2.05) is 36.4 Å². The van der Waals surface area contributed by atoms with Crippen molar-refractivity contribution in [1.82, 2.24) is 4.57 Å². The molecule has 1 heterocycles. The van der Waals surface area contributed by atoms with Crippen LogP contribution in [0, 0.1) is 0 Å². The number of amides is 1. The third kappa shape index (κ3) is 3.79. The van der Waals surface area contributed by atoms with Crippen LogP contribution in [0.1, 0.15) is 33.5 Å². The number of aliphatic carboxylic acids is 1. The molecule has 0 bridgehead atoms. The Hall–Kier alpha value is -2.80. The van der Waals surface area contributed by atoms with Crippen LogP contribution in [-0.2, 0) is 24.2 Å². The van der Waals surface area contributed by atoms with Gasteiger partial charge < -0.3 is 24.9 Å². The molecule has 0 unspecified atom stereocenters. The van der Waals surface area contributed by atoms with Crippen molar-refractivity contribution in [3.05, 3.63) is 76.9 Å². The molecule has 1 amide bonds. The summed E-state index contributed by atoms with van der Waals surface area (Å²) in [5.74, 6) is -1.38. The summed E-state index contributed by atoms with van der Waals surface area (Å²) in [7, 11) is 0. The fraction of sp³-hybridized carbons (Fsp3) is 0.200. The second-order valence-electron chi connectivity index (χ2n) is 7.89. The molecule has 0 fully saturated rings. The molecule has 0 spiro atoms. The zero-order valence-electron chi connectivity index (χ0n) is 17.9. The second kappa shape index (κ2) is 8.98. The summed E-state index contributed by atoms with van der Waals surface area (Å²) in [5.41, 5.74) is 11.5. The Morgan fingerprint density at radius 2 is 1.81 bits per heavy atom. The van der Waals surface area contributed by atoms with Crippen LogP contribution in [0.3, 0.4) is 0 Å². The average Bonchev–Trinajstić information content (AvgIpc) is 3.35. The van der Waals surface area contributed by atoms with E-state index < -0.39 is 18.5 Å². The Bertz CT molecular complexity index is 1350. The maximum Gasteiger partial charge on any atom is 1.00 e. The Morgan fingerprint density at radius 1 is 1.03 bits per heavy atom. The summed E-state index contributed by atoms with van der Waals surface area (Å²) < 4.78 is 7.88. The Morgan fingerprint density at radius 3 is 2.53 bits per heavy atom. The number of carboxylic acids is 1. The zero-order valence-corrected chi connectivity index (χ0v) is 19.9. The molecule has 156 valence electrons. The van der Waals surface area contributed by atoms with Crippen molar-refractivity contribution in [2.24, 2.45) is 5.73 Å². The van der Waals surface area contributed by atoms with Gasteiger partial charge in [0.25, 0.3) is 0 Å². The standard InChI is InChI=1S/C25H22N2O4.Na/c26-25(30)18-10-5-11-19-22(18)23-20(31-14-21(28)29)12-16-8-4-9-17(16)24(23)27(19)13-15-6-2-1-3-7-15;/h1-3,5-7,10-12H,4,8-9,13-14H2,(H2,26,30)(H,28,29);/q;+1/p-1. The van der Waals surface area contributed by atoms with Crippen molar-refractivity contribution in [3.8, 4) is 5.75 Å². The first kappa shape index (κ1) is 22.4. The van der Waals surface area contributed by atoms with Gasteiger partial charge in [-0.25, -0.2) is 0 Å². The quantitative estimate of drug-likeness (QED) is 0.415. The minimum atomic E-state index is -1.29. The number of aromatic nitrogens is 1. The van der Waals surface area contributed by atoms with E-state index in [9.17, 15) is 14.7 Å². The number of carboxylic acid groups (broad SMARTS) is 1. The van der Waals surface area contributed by atoms with Crippen molar-refractivity contribution in [2.75, 3.05) is 6.61 Å². The maximum atomic E-state index is 12.3. The number of ether oxygens (including phenoxy) is 1. The first-order valence-electron chi connectivity index (χ1n) is 10.3. The maximum absolute atomic E-state index is 12.3. The van der Waals surface area contributed by atoms with Crippen LogP contribution in [0.25, 0.3) is 21.8 Å².